The van der Waals surface area contributed by atoms with Crippen LogP contribution in [0.25, 0.3) is 0 Å². The van der Waals surface area contributed by atoms with Crippen molar-refractivity contribution < 1.29 is 13.2 Å². The van der Waals surface area contributed by atoms with E-state index in [1.807, 2.05) is 31.3 Å². The van der Waals surface area contributed by atoms with Gasteiger partial charge in [0.05, 0.1) is 18.1 Å². The van der Waals surface area contributed by atoms with Crippen molar-refractivity contribution in [1.29, 1.82) is 0 Å². The predicted molar refractivity (Wildman–Crippen MR) is 113 cm³/mol. The first-order valence-electron chi connectivity index (χ1n) is 10.3. The third-order valence-electron chi connectivity index (χ3n) is 6.14. The smallest absolute Gasteiger partial charge is 0.225 e. The van der Waals surface area contributed by atoms with Crippen molar-refractivity contribution in [3.8, 4) is 0 Å². The van der Waals surface area contributed by atoms with Gasteiger partial charge in [0.25, 0.3) is 0 Å². The van der Waals surface area contributed by atoms with Crippen LogP contribution in [0, 0.1) is 24.7 Å². The second kappa shape index (κ2) is 8.40. The summed E-state index contributed by atoms with van der Waals surface area (Å²) in [5.74, 6) is 3.08. The van der Waals surface area contributed by atoms with Gasteiger partial charge in [0.1, 0.15) is 0 Å². The Bertz CT molecular complexity index is 938. The zero-order chi connectivity index (χ0) is 20.4. The van der Waals surface area contributed by atoms with Crippen LogP contribution in [0.2, 0.25) is 0 Å². The van der Waals surface area contributed by atoms with Gasteiger partial charge in [0.15, 0.2) is 9.84 Å². The van der Waals surface area contributed by atoms with Crippen LogP contribution in [0.15, 0.2) is 41.4 Å². The van der Waals surface area contributed by atoms with E-state index >= 15 is 0 Å². The van der Waals surface area contributed by atoms with Crippen molar-refractivity contribution in [2.75, 3.05) is 30.9 Å². The summed E-state index contributed by atoms with van der Waals surface area (Å²) in [5.41, 5.74) is 2.03. The molecule has 1 aromatic carbocycles. The number of nitrogens with zero attached hydrogens (tertiary/aromatic N) is 3. The lowest BCUT2D eigenvalue weighted by Gasteiger charge is -2.32. The van der Waals surface area contributed by atoms with Gasteiger partial charge in [-0.3, -0.25) is 0 Å². The highest BCUT2D eigenvalue weighted by molar-refractivity contribution is 7.90. The molecular weight excluding hydrogens is 386 g/mol. The maximum Gasteiger partial charge on any atom is 0.225 e. The van der Waals surface area contributed by atoms with E-state index in [1.165, 1.54) is 25.5 Å². The molecule has 2 aromatic rings. The third-order valence-corrected chi connectivity index (χ3v) is 7.27. The first kappa shape index (κ1) is 20.3. The molecule has 2 heterocycles. The van der Waals surface area contributed by atoms with E-state index in [9.17, 15) is 8.42 Å². The monoisotopic (exact) mass is 415 g/mol. The Balaban J connectivity index is 1.18. The Hall–Kier alpha value is -1.99. The lowest BCUT2D eigenvalue weighted by molar-refractivity contribution is 0.104. The number of hydrogen-bond donors (Lipinski definition) is 0. The average Bonchev–Trinajstić information content (AvgIpc) is 3.47. The van der Waals surface area contributed by atoms with E-state index in [2.05, 4.69) is 14.9 Å². The molecule has 1 aliphatic carbocycles. The number of rotatable bonds is 7. The van der Waals surface area contributed by atoms with Crippen molar-refractivity contribution in [3.05, 3.63) is 47.8 Å². The minimum absolute atomic E-state index is 0.353. The van der Waals surface area contributed by atoms with Crippen LogP contribution in [0.5, 0.6) is 0 Å². The van der Waals surface area contributed by atoms with Crippen LogP contribution in [0.4, 0.5) is 5.95 Å². The predicted octanol–water partition coefficient (Wildman–Crippen LogP) is 3.26. The molecule has 7 heteroatoms. The highest BCUT2D eigenvalue weighted by Crippen LogP contribution is 2.48. The fraction of sp³-hybridized carbons (Fsp3) is 0.545. The van der Waals surface area contributed by atoms with Crippen molar-refractivity contribution in [2.45, 2.75) is 37.7 Å². The first-order chi connectivity index (χ1) is 13.9. The lowest BCUT2D eigenvalue weighted by Crippen LogP contribution is -2.35. The van der Waals surface area contributed by atoms with Gasteiger partial charge in [-0.15, -0.1) is 0 Å². The number of benzene rings is 1. The van der Waals surface area contributed by atoms with Gasteiger partial charge in [0.2, 0.25) is 5.95 Å². The molecule has 0 N–H and O–H groups in total. The molecule has 1 aliphatic heterocycles. The zero-order valence-corrected chi connectivity index (χ0v) is 17.9. The van der Waals surface area contributed by atoms with Gasteiger partial charge in [-0.2, -0.15) is 0 Å². The summed E-state index contributed by atoms with van der Waals surface area (Å²) in [4.78, 5) is 11.6. The Morgan fingerprint density at radius 3 is 2.52 bits per heavy atom. The van der Waals surface area contributed by atoms with E-state index in [0.29, 0.717) is 17.4 Å². The molecule has 156 valence electrons. The summed E-state index contributed by atoms with van der Waals surface area (Å²) < 4.78 is 28.9. The highest BCUT2D eigenvalue weighted by atomic mass is 32.2. The van der Waals surface area contributed by atoms with Crippen LogP contribution in [-0.4, -0.2) is 44.3 Å². The molecule has 2 aliphatic rings. The third kappa shape index (κ3) is 5.14. The van der Waals surface area contributed by atoms with E-state index in [0.717, 1.165) is 48.7 Å². The molecule has 0 radical (unpaired) electrons. The fourth-order valence-corrected chi connectivity index (χ4v) is 4.95. The molecule has 2 fully saturated rings. The molecule has 1 saturated heterocycles. The second-order valence-corrected chi connectivity index (χ2v) is 10.4. The molecule has 1 aromatic heterocycles. The Labute approximate surface area is 173 Å². The van der Waals surface area contributed by atoms with E-state index < -0.39 is 9.84 Å². The van der Waals surface area contributed by atoms with E-state index in [-0.39, 0.29) is 0 Å². The van der Waals surface area contributed by atoms with Crippen LogP contribution in [0.1, 0.15) is 30.5 Å². The van der Waals surface area contributed by atoms with Gasteiger partial charge < -0.3 is 9.64 Å². The standard InChI is InChI=1S/C22H29N3O3S/c1-16-7-10-23-22(24-16)25-11-8-18(9-12-25)21-13-19(21)15-28-14-17-3-5-20(6-4-17)29(2,26)27/h3-7,10,18-19,21H,8-9,11-15H2,1-2H3/t19-,21+/m0/s1. The van der Waals surface area contributed by atoms with Gasteiger partial charge in [-0.1, -0.05) is 12.1 Å². The maximum absolute atomic E-state index is 11.5. The van der Waals surface area contributed by atoms with Crippen molar-refractivity contribution in [3.63, 3.8) is 0 Å². The van der Waals surface area contributed by atoms with E-state index in [1.54, 1.807) is 12.1 Å². The topological polar surface area (TPSA) is 72.4 Å². The summed E-state index contributed by atoms with van der Waals surface area (Å²) >= 11 is 0. The molecule has 0 unspecified atom stereocenters. The molecule has 29 heavy (non-hydrogen) atoms. The SMILES string of the molecule is Cc1ccnc(N2CCC([C@H]3C[C@H]3COCc3ccc(S(C)(=O)=O)cc3)CC2)n1. The summed E-state index contributed by atoms with van der Waals surface area (Å²) in [6, 6.07) is 8.91. The molecule has 0 spiro atoms. The van der Waals surface area contributed by atoms with Gasteiger partial charge in [-0.25, -0.2) is 18.4 Å². The minimum atomic E-state index is -3.14. The summed E-state index contributed by atoms with van der Waals surface area (Å²) in [6.07, 6.45) is 6.73. The van der Waals surface area contributed by atoms with Crippen molar-refractivity contribution in [2.24, 2.45) is 17.8 Å². The molecule has 6 nitrogen and oxygen atoms in total. The number of aromatic nitrogens is 2. The second-order valence-electron chi connectivity index (χ2n) is 8.41. The molecule has 2 atom stereocenters. The highest BCUT2D eigenvalue weighted by Gasteiger charge is 2.43. The van der Waals surface area contributed by atoms with Crippen LogP contribution in [-0.2, 0) is 21.2 Å². The first-order valence-corrected chi connectivity index (χ1v) is 12.2. The minimum Gasteiger partial charge on any atom is -0.376 e. The normalized spacial score (nSPS) is 22.6. The summed E-state index contributed by atoms with van der Waals surface area (Å²) in [6.45, 7) is 5.40. The number of aryl methyl sites for hydroxylation is 1. The van der Waals surface area contributed by atoms with Crippen LogP contribution in [0.3, 0.4) is 0 Å². The number of piperidine rings is 1. The fourth-order valence-electron chi connectivity index (χ4n) is 4.32. The average molecular weight is 416 g/mol. The van der Waals surface area contributed by atoms with Gasteiger partial charge >= 0.3 is 0 Å². The number of sulfone groups is 1. The summed E-state index contributed by atoms with van der Waals surface area (Å²) in [5, 5.41) is 0. The Kier molecular flexibility index (Phi) is 5.88. The molecule has 0 amide bonds. The quantitative estimate of drug-likeness (QED) is 0.691. The lowest BCUT2D eigenvalue weighted by atomic mass is 9.91. The zero-order valence-electron chi connectivity index (χ0n) is 17.1. The number of anilines is 1. The van der Waals surface area contributed by atoms with E-state index in [4.69, 9.17) is 4.74 Å². The van der Waals surface area contributed by atoms with Crippen molar-refractivity contribution >= 4 is 15.8 Å². The van der Waals surface area contributed by atoms with Gasteiger partial charge in [-0.05, 0) is 67.7 Å². The Morgan fingerprint density at radius 1 is 1.14 bits per heavy atom. The number of hydrogen-bond acceptors (Lipinski definition) is 6. The summed E-state index contributed by atoms with van der Waals surface area (Å²) in [7, 11) is -3.14. The molecule has 1 saturated carbocycles. The van der Waals surface area contributed by atoms with Gasteiger partial charge in [0, 0.05) is 31.2 Å². The van der Waals surface area contributed by atoms with Crippen LogP contribution >= 0.6 is 0 Å². The van der Waals surface area contributed by atoms with Crippen LogP contribution < -0.4 is 4.90 Å². The molecule has 0 bridgehead atoms. The molecule has 4 rings (SSSR count). The Morgan fingerprint density at radius 2 is 1.86 bits per heavy atom. The number of ether oxygens (including phenoxy) is 1. The van der Waals surface area contributed by atoms with Crippen molar-refractivity contribution in [1.82, 2.24) is 9.97 Å². The largest absolute Gasteiger partial charge is 0.376 e. The maximum atomic E-state index is 11.5. The molecular formula is C22H29N3O3S.